The largest absolute Gasteiger partial charge is 0.465 e. The summed E-state index contributed by atoms with van der Waals surface area (Å²) >= 11 is 1.49. The smallest absolute Gasteiger partial charge is 0.348 e. The summed E-state index contributed by atoms with van der Waals surface area (Å²) in [7, 11) is 1.42. The van der Waals surface area contributed by atoms with Crippen LogP contribution in [-0.2, 0) is 4.74 Å². The summed E-state index contributed by atoms with van der Waals surface area (Å²) in [5.41, 5.74) is 4.22. The molecule has 3 rings (SSSR count). The zero-order valence-corrected chi connectivity index (χ0v) is 17.3. The van der Waals surface area contributed by atoms with Gasteiger partial charge in [-0.1, -0.05) is 88.4 Å². The summed E-state index contributed by atoms with van der Waals surface area (Å²) in [6.07, 6.45) is 0. The van der Waals surface area contributed by atoms with Gasteiger partial charge in [0.25, 0.3) is 0 Å². The van der Waals surface area contributed by atoms with Crippen molar-refractivity contribution in [1.82, 2.24) is 0 Å². The van der Waals surface area contributed by atoms with Crippen molar-refractivity contribution in [1.29, 1.82) is 0 Å². The van der Waals surface area contributed by atoms with Crippen LogP contribution < -0.4 is 0 Å². The SMILES string of the molecule is CC.CC.COC(=O)c1sc(C)c(-c2ccccc2)c1-c1ccccc1. The molecule has 3 aromatic rings. The molecule has 0 saturated carbocycles. The van der Waals surface area contributed by atoms with E-state index in [0.717, 1.165) is 27.1 Å². The van der Waals surface area contributed by atoms with E-state index in [0.29, 0.717) is 4.88 Å². The molecule has 3 heteroatoms. The number of aryl methyl sites for hydroxylation is 1. The average molecular weight is 369 g/mol. The molecule has 0 unspecified atom stereocenters. The number of hydrogen-bond donors (Lipinski definition) is 0. The summed E-state index contributed by atoms with van der Waals surface area (Å²) in [6, 6.07) is 20.2. The van der Waals surface area contributed by atoms with E-state index in [1.165, 1.54) is 18.4 Å². The van der Waals surface area contributed by atoms with Crippen molar-refractivity contribution in [3.05, 3.63) is 70.4 Å². The lowest BCUT2D eigenvalue weighted by atomic mass is 9.95. The highest BCUT2D eigenvalue weighted by Gasteiger charge is 2.23. The maximum Gasteiger partial charge on any atom is 0.348 e. The van der Waals surface area contributed by atoms with E-state index in [9.17, 15) is 4.79 Å². The van der Waals surface area contributed by atoms with Crippen LogP contribution in [-0.4, -0.2) is 13.1 Å². The van der Waals surface area contributed by atoms with Gasteiger partial charge in [-0.05, 0) is 18.1 Å². The number of ether oxygens (including phenoxy) is 1. The van der Waals surface area contributed by atoms with Crippen LogP contribution >= 0.6 is 11.3 Å². The zero-order valence-electron chi connectivity index (χ0n) is 16.5. The molecule has 0 fully saturated rings. The molecule has 0 amide bonds. The number of rotatable bonds is 3. The highest BCUT2D eigenvalue weighted by atomic mass is 32.1. The molecule has 1 heterocycles. The summed E-state index contributed by atoms with van der Waals surface area (Å²) in [6.45, 7) is 10.0. The van der Waals surface area contributed by atoms with Crippen LogP contribution in [0.15, 0.2) is 60.7 Å². The molecule has 138 valence electrons. The molecular formula is C23H28O2S. The Bertz CT molecular complexity index is 790. The Hall–Kier alpha value is -2.39. The fourth-order valence-electron chi connectivity index (χ4n) is 2.61. The number of esters is 1. The second-order valence-corrected chi connectivity index (χ2v) is 6.19. The standard InChI is InChI=1S/C19H16O2S.2C2H6/c1-13-16(14-9-5-3-6-10-14)17(15-11-7-4-8-12-15)18(22-13)19(20)21-2;2*1-2/h3-12H,1-2H3;2*1-2H3. The van der Waals surface area contributed by atoms with Crippen LogP contribution in [0.5, 0.6) is 0 Å². The van der Waals surface area contributed by atoms with Crippen molar-refractivity contribution in [2.45, 2.75) is 34.6 Å². The molecule has 0 N–H and O–H groups in total. The number of carbonyl (C=O) groups excluding carboxylic acids is 1. The van der Waals surface area contributed by atoms with Crippen molar-refractivity contribution in [2.75, 3.05) is 7.11 Å². The third kappa shape index (κ3) is 4.83. The molecule has 26 heavy (non-hydrogen) atoms. The third-order valence-electron chi connectivity index (χ3n) is 3.58. The normalized spacial score (nSPS) is 9.31. The van der Waals surface area contributed by atoms with Crippen LogP contribution in [0.25, 0.3) is 22.3 Å². The molecule has 2 nitrogen and oxygen atoms in total. The summed E-state index contributed by atoms with van der Waals surface area (Å²) in [4.78, 5) is 14.0. The van der Waals surface area contributed by atoms with E-state index in [1.54, 1.807) is 0 Å². The van der Waals surface area contributed by atoms with Gasteiger partial charge < -0.3 is 4.74 Å². The first-order chi connectivity index (χ1) is 12.7. The van der Waals surface area contributed by atoms with E-state index < -0.39 is 0 Å². The Labute approximate surface area is 161 Å². The Balaban J connectivity index is 0.000000791. The van der Waals surface area contributed by atoms with Crippen LogP contribution in [0.4, 0.5) is 0 Å². The van der Waals surface area contributed by atoms with Gasteiger partial charge in [-0.25, -0.2) is 4.79 Å². The van der Waals surface area contributed by atoms with Crippen LogP contribution in [0.2, 0.25) is 0 Å². The summed E-state index contributed by atoms with van der Waals surface area (Å²) in [5.74, 6) is -0.283. The topological polar surface area (TPSA) is 26.3 Å². The summed E-state index contributed by atoms with van der Waals surface area (Å²) < 4.78 is 4.97. The van der Waals surface area contributed by atoms with Crippen LogP contribution in [0, 0.1) is 6.92 Å². The fourth-order valence-corrected chi connectivity index (χ4v) is 3.73. The monoisotopic (exact) mass is 368 g/mol. The lowest BCUT2D eigenvalue weighted by Crippen LogP contribution is -2.00. The Morgan fingerprint density at radius 3 is 1.62 bits per heavy atom. The predicted molar refractivity (Wildman–Crippen MR) is 114 cm³/mol. The zero-order chi connectivity index (χ0) is 19.5. The van der Waals surface area contributed by atoms with Gasteiger partial charge in [0.05, 0.1) is 7.11 Å². The quantitative estimate of drug-likeness (QED) is 0.456. The minimum Gasteiger partial charge on any atom is -0.465 e. The van der Waals surface area contributed by atoms with Crippen molar-refractivity contribution < 1.29 is 9.53 Å². The van der Waals surface area contributed by atoms with E-state index in [4.69, 9.17) is 4.74 Å². The number of carbonyl (C=O) groups is 1. The molecule has 0 aliphatic heterocycles. The van der Waals surface area contributed by atoms with Gasteiger partial charge >= 0.3 is 5.97 Å². The second kappa shape index (κ2) is 11.3. The molecule has 0 atom stereocenters. The molecule has 0 bridgehead atoms. The molecule has 1 aromatic heterocycles. The molecule has 0 saturated heterocycles. The minimum atomic E-state index is -0.283. The van der Waals surface area contributed by atoms with Crippen LogP contribution in [0.3, 0.4) is 0 Å². The molecule has 0 spiro atoms. The average Bonchev–Trinajstić information content (AvgIpc) is 3.09. The Morgan fingerprint density at radius 1 is 0.769 bits per heavy atom. The highest BCUT2D eigenvalue weighted by molar-refractivity contribution is 7.15. The highest BCUT2D eigenvalue weighted by Crippen LogP contribution is 2.42. The van der Waals surface area contributed by atoms with E-state index in [2.05, 4.69) is 12.1 Å². The van der Waals surface area contributed by atoms with Crippen LogP contribution in [0.1, 0.15) is 42.2 Å². The minimum absolute atomic E-state index is 0.283. The lowest BCUT2D eigenvalue weighted by Gasteiger charge is -2.08. The number of methoxy groups -OCH3 is 1. The van der Waals surface area contributed by atoms with E-state index in [1.807, 2.05) is 83.1 Å². The first-order valence-corrected chi connectivity index (χ1v) is 9.86. The first kappa shape index (κ1) is 21.7. The Morgan fingerprint density at radius 2 is 1.19 bits per heavy atom. The first-order valence-electron chi connectivity index (χ1n) is 9.05. The van der Waals surface area contributed by atoms with Crippen molar-refractivity contribution >= 4 is 17.3 Å². The molecular weight excluding hydrogens is 340 g/mol. The lowest BCUT2D eigenvalue weighted by molar-refractivity contribution is 0.0607. The summed E-state index contributed by atoms with van der Waals surface area (Å²) in [5, 5.41) is 0. The number of benzene rings is 2. The van der Waals surface area contributed by atoms with Crippen molar-refractivity contribution in [3.63, 3.8) is 0 Å². The van der Waals surface area contributed by atoms with Crippen molar-refractivity contribution in [2.24, 2.45) is 0 Å². The molecule has 0 aliphatic rings. The molecule has 2 aromatic carbocycles. The van der Waals surface area contributed by atoms with Gasteiger partial charge in [0.1, 0.15) is 4.88 Å². The predicted octanol–water partition coefficient (Wildman–Crippen LogP) is 7.23. The third-order valence-corrected chi connectivity index (χ3v) is 4.67. The Kier molecular flexibility index (Phi) is 9.38. The van der Waals surface area contributed by atoms with Crippen molar-refractivity contribution in [3.8, 4) is 22.3 Å². The molecule has 0 radical (unpaired) electrons. The maximum atomic E-state index is 12.2. The van der Waals surface area contributed by atoms with E-state index in [-0.39, 0.29) is 5.97 Å². The van der Waals surface area contributed by atoms with Gasteiger partial charge in [0.15, 0.2) is 0 Å². The van der Waals surface area contributed by atoms with Gasteiger partial charge in [-0.3, -0.25) is 0 Å². The van der Waals surface area contributed by atoms with Gasteiger partial charge in [0.2, 0.25) is 0 Å². The van der Waals surface area contributed by atoms with Gasteiger partial charge in [0, 0.05) is 16.0 Å². The van der Waals surface area contributed by atoms with Gasteiger partial charge in [-0.2, -0.15) is 0 Å². The van der Waals surface area contributed by atoms with Gasteiger partial charge in [-0.15, -0.1) is 11.3 Å². The number of hydrogen-bond acceptors (Lipinski definition) is 3. The van der Waals surface area contributed by atoms with E-state index >= 15 is 0 Å². The second-order valence-electron chi connectivity index (χ2n) is 4.96. The fraction of sp³-hybridized carbons (Fsp3) is 0.261. The number of thiophene rings is 1. The maximum absolute atomic E-state index is 12.2. The molecule has 0 aliphatic carbocycles.